The summed E-state index contributed by atoms with van der Waals surface area (Å²) in [4.78, 5) is 16.3. The van der Waals surface area contributed by atoms with E-state index in [0.29, 0.717) is 36.7 Å². The molecule has 1 aromatic carbocycles. The van der Waals surface area contributed by atoms with Crippen LogP contribution in [0.3, 0.4) is 0 Å². The minimum Gasteiger partial charge on any atom is -0.340 e. The maximum Gasteiger partial charge on any atom is 0.416 e. The van der Waals surface area contributed by atoms with E-state index in [-0.39, 0.29) is 5.91 Å². The number of benzene rings is 1. The number of halogens is 3. The van der Waals surface area contributed by atoms with Crippen molar-refractivity contribution in [2.45, 2.75) is 25.4 Å². The summed E-state index contributed by atoms with van der Waals surface area (Å²) < 4.78 is 46.4. The number of nitrogens with zero attached hydrogens (tertiary/aromatic N) is 4. The number of hydrogen-bond acceptors (Lipinski definition) is 5. The molecule has 152 valence electrons. The van der Waals surface area contributed by atoms with E-state index in [1.54, 1.807) is 18.0 Å². The Labute approximate surface area is 166 Å². The number of hydrogen-bond donors (Lipinski definition) is 0. The normalized spacial score (nSPS) is 18.2. The maximum atomic E-state index is 12.9. The number of rotatable bonds is 6. The molecule has 0 saturated carbocycles. The van der Waals surface area contributed by atoms with Crippen molar-refractivity contribution in [3.63, 3.8) is 0 Å². The fourth-order valence-corrected chi connectivity index (χ4v) is 4.03. The van der Waals surface area contributed by atoms with E-state index in [1.165, 1.54) is 18.3 Å². The van der Waals surface area contributed by atoms with Crippen molar-refractivity contribution in [3.8, 4) is 0 Å². The molecule has 3 rings (SSSR count). The van der Waals surface area contributed by atoms with Crippen LogP contribution in [-0.4, -0.2) is 57.7 Å². The number of piperidine rings is 1. The van der Waals surface area contributed by atoms with E-state index in [1.807, 2.05) is 0 Å². The van der Waals surface area contributed by atoms with Crippen molar-refractivity contribution < 1.29 is 18.0 Å². The Kier molecular flexibility index (Phi) is 6.66. The van der Waals surface area contributed by atoms with Crippen LogP contribution in [-0.2, 0) is 12.6 Å². The van der Waals surface area contributed by atoms with Crippen LogP contribution in [0.1, 0.15) is 34.5 Å². The average Bonchev–Trinajstić information content (AvgIpc) is 3.20. The van der Waals surface area contributed by atoms with Crippen LogP contribution in [0.4, 0.5) is 13.2 Å². The number of likely N-dealkylation sites (tertiary alicyclic amines) is 1. The van der Waals surface area contributed by atoms with Crippen LogP contribution in [0.2, 0.25) is 0 Å². The van der Waals surface area contributed by atoms with E-state index in [2.05, 4.69) is 13.6 Å². The second kappa shape index (κ2) is 9.00. The van der Waals surface area contributed by atoms with E-state index in [9.17, 15) is 18.0 Å². The molecule has 0 N–H and O–H groups in total. The van der Waals surface area contributed by atoms with Crippen LogP contribution in [0.5, 0.6) is 0 Å². The van der Waals surface area contributed by atoms with Gasteiger partial charge in [0.1, 0.15) is 0 Å². The number of amides is 1. The number of carbonyl (C=O) groups excluding carboxylic acids is 1. The van der Waals surface area contributed by atoms with E-state index in [0.717, 1.165) is 43.7 Å². The molecule has 1 amide bonds. The van der Waals surface area contributed by atoms with Crippen molar-refractivity contribution in [2.24, 2.45) is 5.92 Å². The van der Waals surface area contributed by atoms with Gasteiger partial charge < -0.3 is 9.80 Å². The largest absolute Gasteiger partial charge is 0.416 e. The van der Waals surface area contributed by atoms with Gasteiger partial charge in [-0.1, -0.05) is 18.2 Å². The molecule has 1 aromatic heterocycles. The SMILES string of the molecule is CN(CC1CCCN(CCc2cccc(C(F)(F)F)c2)C1)C(=O)c1cnsn1. The average molecular weight is 412 g/mol. The molecule has 28 heavy (non-hydrogen) atoms. The number of carbonyl (C=O) groups is 1. The van der Waals surface area contributed by atoms with Crippen molar-refractivity contribution >= 4 is 17.6 Å². The molecule has 0 radical (unpaired) electrons. The third kappa shape index (κ3) is 5.51. The Morgan fingerprint density at radius 2 is 2.21 bits per heavy atom. The third-order valence-electron chi connectivity index (χ3n) is 5.03. The second-order valence-corrected chi connectivity index (χ2v) is 7.79. The highest BCUT2D eigenvalue weighted by Crippen LogP contribution is 2.29. The molecule has 0 aliphatic carbocycles. The summed E-state index contributed by atoms with van der Waals surface area (Å²) in [6.07, 6.45) is -0.196. The Bertz CT molecular complexity index is 782. The Morgan fingerprint density at radius 3 is 2.93 bits per heavy atom. The van der Waals surface area contributed by atoms with Gasteiger partial charge in [0.2, 0.25) is 0 Å². The minimum atomic E-state index is -4.31. The zero-order chi connectivity index (χ0) is 20.1. The van der Waals surface area contributed by atoms with Crippen LogP contribution in [0, 0.1) is 5.92 Å². The minimum absolute atomic E-state index is 0.130. The highest BCUT2D eigenvalue weighted by atomic mass is 32.1. The Hall–Kier alpha value is -2.00. The summed E-state index contributed by atoms with van der Waals surface area (Å²) in [6.45, 7) is 3.12. The van der Waals surface area contributed by atoms with E-state index < -0.39 is 11.7 Å². The molecule has 0 spiro atoms. The summed E-state index contributed by atoms with van der Waals surface area (Å²) >= 11 is 1.01. The monoisotopic (exact) mass is 412 g/mol. The standard InChI is InChI=1S/C19H23F3N4OS/c1-25(18(27)17-11-23-28-24-17)12-15-5-3-8-26(13-15)9-7-14-4-2-6-16(10-14)19(20,21)22/h2,4,6,10-11,15H,3,5,7-9,12-13H2,1H3. The topological polar surface area (TPSA) is 49.3 Å². The first-order valence-corrected chi connectivity index (χ1v) is 9.97. The van der Waals surface area contributed by atoms with Crippen LogP contribution >= 0.6 is 11.7 Å². The summed E-state index contributed by atoms with van der Waals surface area (Å²) in [7, 11) is 1.77. The highest BCUT2D eigenvalue weighted by molar-refractivity contribution is 6.99. The van der Waals surface area contributed by atoms with Crippen LogP contribution in [0.25, 0.3) is 0 Å². The van der Waals surface area contributed by atoms with Gasteiger partial charge >= 0.3 is 6.18 Å². The molecule has 1 aliphatic heterocycles. The first-order valence-electron chi connectivity index (χ1n) is 9.24. The quantitative estimate of drug-likeness (QED) is 0.728. The van der Waals surface area contributed by atoms with Crippen LogP contribution in [0.15, 0.2) is 30.5 Å². The summed E-state index contributed by atoms with van der Waals surface area (Å²) in [6, 6.07) is 5.54. The molecular weight excluding hydrogens is 389 g/mol. The molecule has 1 saturated heterocycles. The molecule has 1 atom stereocenters. The maximum absolute atomic E-state index is 12.9. The molecule has 2 heterocycles. The number of alkyl halides is 3. The van der Waals surface area contributed by atoms with Gasteiger partial charge in [-0.05, 0) is 43.4 Å². The first-order chi connectivity index (χ1) is 13.3. The lowest BCUT2D eigenvalue weighted by Gasteiger charge is -2.34. The molecule has 2 aromatic rings. The van der Waals surface area contributed by atoms with Gasteiger partial charge in [-0.25, -0.2) is 0 Å². The molecular formula is C19H23F3N4OS. The fraction of sp³-hybridized carbons (Fsp3) is 0.526. The van der Waals surface area contributed by atoms with Crippen molar-refractivity contribution in [1.82, 2.24) is 18.5 Å². The second-order valence-electron chi connectivity index (χ2n) is 7.24. The lowest BCUT2D eigenvalue weighted by atomic mass is 9.97. The predicted octanol–water partition coefficient (Wildman–Crippen LogP) is 3.58. The zero-order valence-corrected chi connectivity index (χ0v) is 16.5. The molecule has 1 aliphatic rings. The smallest absolute Gasteiger partial charge is 0.340 e. The molecule has 0 bridgehead atoms. The first kappa shape index (κ1) is 20.7. The van der Waals surface area contributed by atoms with Crippen molar-refractivity contribution in [1.29, 1.82) is 0 Å². The van der Waals surface area contributed by atoms with E-state index >= 15 is 0 Å². The summed E-state index contributed by atoms with van der Waals surface area (Å²) in [5.41, 5.74) is 0.461. The molecule has 1 fully saturated rings. The van der Waals surface area contributed by atoms with Gasteiger partial charge in [-0.15, -0.1) is 0 Å². The van der Waals surface area contributed by atoms with Gasteiger partial charge in [0, 0.05) is 26.7 Å². The predicted molar refractivity (Wildman–Crippen MR) is 101 cm³/mol. The zero-order valence-electron chi connectivity index (χ0n) is 15.7. The molecule has 9 heteroatoms. The van der Waals surface area contributed by atoms with Crippen LogP contribution < -0.4 is 0 Å². The van der Waals surface area contributed by atoms with Gasteiger partial charge in [-0.3, -0.25) is 4.79 Å². The lowest BCUT2D eigenvalue weighted by molar-refractivity contribution is -0.137. The van der Waals surface area contributed by atoms with Crippen molar-refractivity contribution in [2.75, 3.05) is 33.2 Å². The van der Waals surface area contributed by atoms with Gasteiger partial charge in [0.15, 0.2) is 5.69 Å². The lowest BCUT2D eigenvalue weighted by Crippen LogP contribution is -2.42. The summed E-state index contributed by atoms with van der Waals surface area (Å²) in [5, 5.41) is 0. The Balaban J connectivity index is 1.50. The van der Waals surface area contributed by atoms with E-state index in [4.69, 9.17) is 0 Å². The molecule has 1 unspecified atom stereocenters. The summed E-state index contributed by atoms with van der Waals surface area (Å²) in [5.74, 6) is 0.214. The molecule has 5 nitrogen and oxygen atoms in total. The van der Waals surface area contributed by atoms with Gasteiger partial charge in [0.25, 0.3) is 5.91 Å². The highest BCUT2D eigenvalue weighted by Gasteiger charge is 2.30. The van der Waals surface area contributed by atoms with Gasteiger partial charge in [0.05, 0.1) is 23.5 Å². The van der Waals surface area contributed by atoms with Crippen molar-refractivity contribution in [3.05, 3.63) is 47.3 Å². The van der Waals surface area contributed by atoms with Gasteiger partial charge in [-0.2, -0.15) is 21.9 Å². The Morgan fingerprint density at radius 1 is 1.39 bits per heavy atom. The fourth-order valence-electron chi connectivity index (χ4n) is 3.62. The number of aromatic nitrogens is 2. The third-order valence-corrected chi connectivity index (χ3v) is 5.51.